The van der Waals surface area contributed by atoms with E-state index in [4.69, 9.17) is 0 Å². The summed E-state index contributed by atoms with van der Waals surface area (Å²) in [5.74, 6) is 1.24. The quantitative estimate of drug-likeness (QED) is 0.763. The van der Waals surface area contributed by atoms with E-state index in [9.17, 15) is 4.79 Å². The van der Waals surface area contributed by atoms with Crippen LogP contribution in [0.1, 0.15) is 64.7 Å². The van der Waals surface area contributed by atoms with Crippen LogP contribution in [0.5, 0.6) is 0 Å². The minimum Gasteiger partial charge on any atom is -0.350 e. The van der Waals surface area contributed by atoms with Gasteiger partial charge in [0.1, 0.15) is 0 Å². The molecule has 0 aromatic carbocycles. The summed E-state index contributed by atoms with van der Waals surface area (Å²) in [4.78, 5) is 11.8. The van der Waals surface area contributed by atoms with E-state index in [-0.39, 0.29) is 11.0 Å². The van der Waals surface area contributed by atoms with Crippen LogP contribution in [0.3, 0.4) is 0 Å². The number of nitrogens with one attached hydrogen (secondary N) is 1. The Morgan fingerprint density at radius 3 is 2.56 bits per heavy atom. The van der Waals surface area contributed by atoms with Gasteiger partial charge in [0.05, 0.1) is 0 Å². The monoisotopic (exact) mass is 221 g/mol. The average molecular weight is 221 g/mol. The van der Waals surface area contributed by atoms with E-state index in [1.165, 1.54) is 51.4 Å². The first kappa shape index (κ1) is 10.6. The fourth-order valence-electron chi connectivity index (χ4n) is 4.10. The summed E-state index contributed by atoms with van der Waals surface area (Å²) < 4.78 is 0. The molecule has 1 N–H and O–H groups in total. The van der Waals surface area contributed by atoms with Gasteiger partial charge in [0.25, 0.3) is 0 Å². The normalized spacial score (nSPS) is 37.7. The highest BCUT2D eigenvalue weighted by Gasteiger charge is 2.56. The van der Waals surface area contributed by atoms with Crippen molar-refractivity contribution in [1.82, 2.24) is 5.32 Å². The summed E-state index contributed by atoms with van der Waals surface area (Å²) in [6.07, 6.45) is 11.3. The van der Waals surface area contributed by atoms with Gasteiger partial charge in [-0.2, -0.15) is 0 Å². The van der Waals surface area contributed by atoms with Crippen molar-refractivity contribution in [2.24, 2.45) is 11.3 Å². The maximum Gasteiger partial charge on any atom is 0.221 e. The van der Waals surface area contributed by atoms with Crippen LogP contribution in [0.2, 0.25) is 0 Å². The van der Waals surface area contributed by atoms with E-state index < -0.39 is 0 Å². The minimum absolute atomic E-state index is 0.172. The zero-order valence-corrected chi connectivity index (χ0v) is 10.3. The molecule has 1 heterocycles. The van der Waals surface area contributed by atoms with Crippen LogP contribution in [0.15, 0.2) is 0 Å². The van der Waals surface area contributed by atoms with Crippen molar-refractivity contribution in [2.45, 2.75) is 70.3 Å². The molecular formula is C14H23NO. The summed E-state index contributed by atoms with van der Waals surface area (Å²) in [6.45, 7) is 2.37. The van der Waals surface area contributed by atoms with Crippen molar-refractivity contribution in [3.8, 4) is 0 Å². The highest BCUT2D eigenvalue weighted by molar-refractivity contribution is 5.81. The zero-order valence-electron chi connectivity index (χ0n) is 10.3. The molecule has 1 unspecified atom stereocenters. The molecule has 2 heteroatoms. The Morgan fingerprint density at radius 1 is 1.25 bits per heavy atom. The van der Waals surface area contributed by atoms with Crippen LogP contribution in [0.25, 0.3) is 0 Å². The minimum atomic E-state index is 0.172. The lowest BCUT2D eigenvalue weighted by molar-refractivity contribution is -0.120. The van der Waals surface area contributed by atoms with Crippen LogP contribution in [-0.2, 0) is 4.79 Å². The molecule has 0 radical (unpaired) electrons. The molecule has 0 aromatic rings. The molecule has 3 fully saturated rings. The van der Waals surface area contributed by atoms with Gasteiger partial charge in [-0.3, -0.25) is 4.79 Å². The van der Waals surface area contributed by atoms with E-state index in [0.29, 0.717) is 5.91 Å². The lowest BCUT2D eigenvalue weighted by atomic mass is 9.62. The third-order valence-corrected chi connectivity index (χ3v) is 5.23. The van der Waals surface area contributed by atoms with Gasteiger partial charge in [0.2, 0.25) is 5.91 Å². The van der Waals surface area contributed by atoms with Gasteiger partial charge in [-0.05, 0) is 30.6 Å². The summed E-state index contributed by atoms with van der Waals surface area (Å²) in [5.41, 5.74) is 0.427. The van der Waals surface area contributed by atoms with Gasteiger partial charge in [0, 0.05) is 12.0 Å². The number of hydrogen-bond acceptors (Lipinski definition) is 1. The standard InChI is InChI=1S/C14H23NO/c1-13(9-11-5-6-11)10-12(16)15-14(13)7-3-2-4-8-14/h11H,2-10H2,1H3,(H,15,16). The number of amides is 1. The third-order valence-electron chi connectivity index (χ3n) is 5.23. The van der Waals surface area contributed by atoms with Gasteiger partial charge in [0.15, 0.2) is 0 Å². The molecule has 16 heavy (non-hydrogen) atoms. The van der Waals surface area contributed by atoms with Crippen molar-refractivity contribution in [1.29, 1.82) is 0 Å². The van der Waals surface area contributed by atoms with Gasteiger partial charge in [-0.1, -0.05) is 39.0 Å². The van der Waals surface area contributed by atoms with E-state index in [2.05, 4.69) is 12.2 Å². The van der Waals surface area contributed by atoms with Crippen molar-refractivity contribution >= 4 is 5.91 Å². The topological polar surface area (TPSA) is 29.1 Å². The molecule has 0 bridgehead atoms. The Balaban J connectivity index is 1.84. The summed E-state index contributed by atoms with van der Waals surface area (Å²) >= 11 is 0. The second kappa shape index (κ2) is 3.48. The number of hydrogen-bond donors (Lipinski definition) is 1. The number of carbonyl (C=O) groups excluding carboxylic acids is 1. The molecule has 2 aliphatic carbocycles. The summed E-state index contributed by atoms with van der Waals surface area (Å²) in [7, 11) is 0. The highest BCUT2D eigenvalue weighted by Crippen LogP contribution is 2.54. The number of carbonyl (C=O) groups is 1. The predicted molar refractivity (Wildman–Crippen MR) is 64.0 cm³/mol. The fraction of sp³-hybridized carbons (Fsp3) is 0.929. The smallest absolute Gasteiger partial charge is 0.221 e. The van der Waals surface area contributed by atoms with Crippen LogP contribution >= 0.6 is 0 Å². The van der Waals surface area contributed by atoms with Gasteiger partial charge in [-0.15, -0.1) is 0 Å². The van der Waals surface area contributed by atoms with Gasteiger partial charge >= 0.3 is 0 Å². The second-order valence-electron chi connectivity index (χ2n) is 6.58. The SMILES string of the molecule is CC1(CC2CC2)CC(=O)NC12CCCCC2. The van der Waals surface area contributed by atoms with Crippen molar-refractivity contribution in [2.75, 3.05) is 0 Å². The molecule has 3 rings (SSSR count). The van der Waals surface area contributed by atoms with Crippen molar-refractivity contribution < 1.29 is 4.79 Å². The molecule has 3 aliphatic rings. The van der Waals surface area contributed by atoms with E-state index in [1.807, 2.05) is 0 Å². The third kappa shape index (κ3) is 1.57. The zero-order chi connectivity index (χ0) is 11.2. The molecule has 1 atom stereocenters. The molecule has 90 valence electrons. The van der Waals surface area contributed by atoms with Crippen molar-refractivity contribution in [3.63, 3.8) is 0 Å². The predicted octanol–water partition coefficient (Wildman–Crippen LogP) is 3.02. The largest absolute Gasteiger partial charge is 0.350 e. The van der Waals surface area contributed by atoms with Gasteiger partial charge < -0.3 is 5.32 Å². The first-order valence-corrected chi connectivity index (χ1v) is 6.95. The van der Waals surface area contributed by atoms with Crippen LogP contribution in [0, 0.1) is 11.3 Å². The van der Waals surface area contributed by atoms with E-state index in [0.717, 1.165) is 12.3 Å². The maximum absolute atomic E-state index is 11.8. The average Bonchev–Trinajstić information content (AvgIpc) is 2.98. The van der Waals surface area contributed by atoms with Crippen LogP contribution < -0.4 is 5.32 Å². The fourth-order valence-corrected chi connectivity index (χ4v) is 4.10. The Morgan fingerprint density at radius 2 is 1.94 bits per heavy atom. The Kier molecular flexibility index (Phi) is 2.31. The molecule has 1 amide bonds. The van der Waals surface area contributed by atoms with Crippen molar-refractivity contribution in [3.05, 3.63) is 0 Å². The molecule has 2 saturated carbocycles. The molecule has 2 nitrogen and oxygen atoms in total. The molecule has 1 saturated heterocycles. The molecule has 0 aromatic heterocycles. The first-order valence-electron chi connectivity index (χ1n) is 6.95. The Bertz CT molecular complexity index is 302. The molecule has 1 aliphatic heterocycles. The highest BCUT2D eigenvalue weighted by atomic mass is 16.2. The van der Waals surface area contributed by atoms with E-state index >= 15 is 0 Å². The summed E-state index contributed by atoms with van der Waals surface area (Å²) in [6, 6.07) is 0. The molecular weight excluding hydrogens is 198 g/mol. The first-order chi connectivity index (χ1) is 7.64. The lowest BCUT2D eigenvalue weighted by Gasteiger charge is -2.46. The van der Waals surface area contributed by atoms with Gasteiger partial charge in [-0.25, -0.2) is 0 Å². The maximum atomic E-state index is 11.8. The van der Waals surface area contributed by atoms with Crippen LogP contribution in [0.4, 0.5) is 0 Å². The molecule has 1 spiro atoms. The lowest BCUT2D eigenvalue weighted by Crippen LogP contribution is -2.52. The Hall–Kier alpha value is -0.530. The number of rotatable bonds is 2. The van der Waals surface area contributed by atoms with E-state index in [1.54, 1.807) is 0 Å². The Labute approximate surface area is 98.2 Å². The second-order valence-corrected chi connectivity index (χ2v) is 6.58. The summed E-state index contributed by atoms with van der Waals surface area (Å²) in [5, 5.41) is 3.35. The van der Waals surface area contributed by atoms with Crippen LogP contribution in [-0.4, -0.2) is 11.4 Å².